The van der Waals surface area contributed by atoms with Gasteiger partial charge in [0.1, 0.15) is 5.82 Å². The predicted molar refractivity (Wildman–Crippen MR) is 98.4 cm³/mol. The highest BCUT2D eigenvalue weighted by molar-refractivity contribution is 8.00. The Kier molecular flexibility index (Phi) is 4.48. The summed E-state index contributed by atoms with van der Waals surface area (Å²) >= 11 is 8.81. The molecule has 0 N–H and O–H groups in total. The van der Waals surface area contributed by atoms with Gasteiger partial charge in [0.05, 0.1) is 0 Å². The molecule has 25 heavy (non-hydrogen) atoms. The Morgan fingerprint density at radius 1 is 1.04 bits per heavy atom. The van der Waals surface area contributed by atoms with Crippen LogP contribution in [-0.4, -0.2) is 29.1 Å². The third-order valence-electron chi connectivity index (χ3n) is 3.34. The summed E-state index contributed by atoms with van der Waals surface area (Å²) in [4.78, 5) is 8.46. The minimum absolute atomic E-state index is 0.677. The van der Waals surface area contributed by atoms with Gasteiger partial charge in [-0.3, -0.25) is 9.55 Å². The van der Waals surface area contributed by atoms with Gasteiger partial charge in [-0.2, -0.15) is 4.37 Å². The highest BCUT2D eigenvalue weighted by atomic mass is 35.5. The van der Waals surface area contributed by atoms with Crippen LogP contribution in [0.1, 0.15) is 5.82 Å². The van der Waals surface area contributed by atoms with Gasteiger partial charge in [-0.15, -0.1) is 10.2 Å². The summed E-state index contributed by atoms with van der Waals surface area (Å²) in [5.74, 6) is 1.48. The molecular weight excluding hydrogens is 376 g/mol. The molecule has 0 spiro atoms. The molecule has 0 amide bonds. The van der Waals surface area contributed by atoms with E-state index in [1.165, 1.54) is 23.3 Å². The number of rotatable bonds is 4. The summed E-state index contributed by atoms with van der Waals surface area (Å²) in [5.41, 5.74) is 1.85. The molecule has 0 atom stereocenters. The summed E-state index contributed by atoms with van der Waals surface area (Å²) in [6.07, 6.45) is 3.47. The summed E-state index contributed by atoms with van der Waals surface area (Å²) in [7, 11) is 0. The van der Waals surface area contributed by atoms with E-state index in [2.05, 4.69) is 24.5 Å². The second kappa shape index (κ2) is 6.91. The van der Waals surface area contributed by atoms with Crippen LogP contribution < -0.4 is 0 Å². The molecule has 0 saturated carbocycles. The fourth-order valence-corrected chi connectivity index (χ4v) is 3.98. The SMILES string of the molecule is Cc1nsc(Sc2nnc(-c3ccncc3)n2-c2ccc(Cl)cc2)n1. The van der Waals surface area contributed by atoms with Crippen LogP contribution in [0.25, 0.3) is 17.1 Å². The highest BCUT2D eigenvalue weighted by Gasteiger charge is 2.18. The van der Waals surface area contributed by atoms with E-state index in [0.717, 1.165) is 27.2 Å². The lowest BCUT2D eigenvalue weighted by Crippen LogP contribution is -1.99. The molecule has 0 radical (unpaired) electrons. The van der Waals surface area contributed by atoms with Crippen LogP contribution in [0.4, 0.5) is 0 Å². The fraction of sp³-hybridized carbons (Fsp3) is 0.0625. The Bertz CT molecular complexity index is 997. The summed E-state index contributed by atoms with van der Waals surface area (Å²) in [6, 6.07) is 11.4. The van der Waals surface area contributed by atoms with E-state index in [1.54, 1.807) is 12.4 Å². The van der Waals surface area contributed by atoms with Gasteiger partial charge >= 0.3 is 0 Å². The van der Waals surface area contributed by atoms with Crippen LogP contribution in [0.15, 0.2) is 58.3 Å². The van der Waals surface area contributed by atoms with Crippen LogP contribution in [0.2, 0.25) is 5.02 Å². The molecule has 9 heteroatoms. The molecule has 0 fully saturated rings. The first kappa shape index (κ1) is 16.2. The number of aryl methyl sites for hydroxylation is 1. The van der Waals surface area contributed by atoms with Gasteiger partial charge in [0.2, 0.25) is 5.16 Å². The quantitative estimate of drug-likeness (QED) is 0.521. The zero-order chi connectivity index (χ0) is 17.2. The van der Waals surface area contributed by atoms with Crippen LogP contribution in [0, 0.1) is 6.92 Å². The van der Waals surface area contributed by atoms with E-state index in [0.29, 0.717) is 10.2 Å². The number of pyridine rings is 1. The number of hydrogen-bond acceptors (Lipinski definition) is 7. The number of hydrogen-bond donors (Lipinski definition) is 0. The van der Waals surface area contributed by atoms with Crippen LogP contribution in [0.3, 0.4) is 0 Å². The van der Waals surface area contributed by atoms with E-state index >= 15 is 0 Å². The second-order valence-corrected chi connectivity index (χ2v) is 7.47. The molecule has 4 aromatic rings. The minimum atomic E-state index is 0.677. The summed E-state index contributed by atoms with van der Waals surface area (Å²) in [6.45, 7) is 1.87. The summed E-state index contributed by atoms with van der Waals surface area (Å²) in [5, 5.41) is 10.1. The minimum Gasteiger partial charge on any atom is -0.270 e. The molecule has 6 nitrogen and oxygen atoms in total. The standard InChI is InChI=1S/C16H11ClN6S2/c1-10-19-16(25-22-10)24-15-21-20-14(11-6-8-18-9-7-11)23(15)13-4-2-12(17)3-5-13/h2-9H,1H3. The third-order valence-corrected chi connectivity index (χ3v) is 5.39. The Hall–Kier alpha value is -2.29. The van der Waals surface area contributed by atoms with Crippen molar-refractivity contribution in [3.8, 4) is 17.1 Å². The van der Waals surface area contributed by atoms with Crippen molar-refractivity contribution in [3.63, 3.8) is 0 Å². The average Bonchev–Trinajstić information content (AvgIpc) is 3.23. The molecule has 124 valence electrons. The lowest BCUT2D eigenvalue weighted by Gasteiger charge is -2.09. The van der Waals surface area contributed by atoms with Crippen LogP contribution in [-0.2, 0) is 0 Å². The first-order chi connectivity index (χ1) is 12.2. The average molecular weight is 387 g/mol. The molecular formula is C16H11ClN6S2. The third kappa shape index (κ3) is 3.41. The predicted octanol–water partition coefficient (Wildman–Crippen LogP) is 4.29. The largest absolute Gasteiger partial charge is 0.270 e. The van der Waals surface area contributed by atoms with E-state index in [-0.39, 0.29) is 0 Å². The molecule has 0 unspecified atom stereocenters. The normalized spacial score (nSPS) is 11.0. The summed E-state index contributed by atoms with van der Waals surface area (Å²) < 4.78 is 7.02. The van der Waals surface area contributed by atoms with Gasteiger partial charge in [-0.1, -0.05) is 11.6 Å². The molecule has 0 saturated heterocycles. The molecule has 3 aromatic heterocycles. The van der Waals surface area contributed by atoms with Crippen molar-refractivity contribution >= 4 is 34.9 Å². The molecule has 1 aromatic carbocycles. The fourth-order valence-electron chi connectivity index (χ4n) is 2.24. The van der Waals surface area contributed by atoms with E-state index in [4.69, 9.17) is 11.6 Å². The maximum absolute atomic E-state index is 6.03. The first-order valence-corrected chi connectivity index (χ1v) is 9.27. The molecule has 3 heterocycles. The van der Waals surface area contributed by atoms with Gasteiger partial charge in [-0.05, 0) is 66.6 Å². The molecule has 0 aliphatic rings. The van der Waals surface area contributed by atoms with E-state index in [1.807, 2.05) is 47.9 Å². The Balaban J connectivity index is 1.84. The van der Waals surface area contributed by atoms with Crippen molar-refractivity contribution < 1.29 is 0 Å². The number of nitrogens with zero attached hydrogens (tertiary/aromatic N) is 6. The zero-order valence-electron chi connectivity index (χ0n) is 13.0. The van der Waals surface area contributed by atoms with Gasteiger partial charge in [0.25, 0.3) is 0 Å². The maximum atomic E-state index is 6.03. The Morgan fingerprint density at radius 3 is 2.48 bits per heavy atom. The van der Waals surface area contributed by atoms with Crippen molar-refractivity contribution in [1.82, 2.24) is 29.1 Å². The van der Waals surface area contributed by atoms with Crippen molar-refractivity contribution in [3.05, 3.63) is 59.6 Å². The second-order valence-electron chi connectivity index (χ2n) is 5.06. The highest BCUT2D eigenvalue weighted by Crippen LogP contribution is 2.33. The number of aromatic nitrogens is 6. The van der Waals surface area contributed by atoms with Crippen molar-refractivity contribution in [2.45, 2.75) is 16.4 Å². The van der Waals surface area contributed by atoms with Crippen molar-refractivity contribution in [2.75, 3.05) is 0 Å². The van der Waals surface area contributed by atoms with Crippen LogP contribution >= 0.6 is 34.9 Å². The maximum Gasteiger partial charge on any atom is 0.203 e. The molecule has 4 rings (SSSR count). The molecule has 0 aliphatic heterocycles. The lowest BCUT2D eigenvalue weighted by molar-refractivity contribution is 0.885. The lowest BCUT2D eigenvalue weighted by atomic mass is 10.2. The van der Waals surface area contributed by atoms with Gasteiger partial charge in [-0.25, -0.2) is 4.98 Å². The monoisotopic (exact) mass is 386 g/mol. The van der Waals surface area contributed by atoms with Gasteiger partial charge in [0.15, 0.2) is 10.2 Å². The van der Waals surface area contributed by atoms with Crippen molar-refractivity contribution in [1.29, 1.82) is 0 Å². The smallest absolute Gasteiger partial charge is 0.203 e. The molecule has 0 aliphatic carbocycles. The van der Waals surface area contributed by atoms with Gasteiger partial charge < -0.3 is 0 Å². The van der Waals surface area contributed by atoms with E-state index in [9.17, 15) is 0 Å². The number of halogens is 1. The molecule has 0 bridgehead atoms. The van der Waals surface area contributed by atoms with Crippen molar-refractivity contribution in [2.24, 2.45) is 0 Å². The Labute approximate surface area is 157 Å². The topological polar surface area (TPSA) is 69.4 Å². The first-order valence-electron chi connectivity index (χ1n) is 7.30. The van der Waals surface area contributed by atoms with E-state index < -0.39 is 0 Å². The zero-order valence-corrected chi connectivity index (χ0v) is 15.4. The van der Waals surface area contributed by atoms with Gasteiger partial charge in [0, 0.05) is 28.7 Å². The number of benzene rings is 1. The Morgan fingerprint density at radius 2 is 1.80 bits per heavy atom. The van der Waals surface area contributed by atoms with Crippen LogP contribution in [0.5, 0.6) is 0 Å².